The Labute approximate surface area is 116 Å². The number of benzene rings is 1. The fourth-order valence-corrected chi connectivity index (χ4v) is 3.59. The van der Waals surface area contributed by atoms with Gasteiger partial charge in [0.05, 0.1) is 12.8 Å². The number of fused-ring (bicyclic) bond motifs is 1. The predicted molar refractivity (Wildman–Crippen MR) is 78.5 cm³/mol. The van der Waals surface area contributed by atoms with Crippen LogP contribution in [0.25, 0.3) is 0 Å². The summed E-state index contributed by atoms with van der Waals surface area (Å²) in [7, 11) is -2.19. The van der Waals surface area contributed by atoms with E-state index in [1.807, 2.05) is 6.92 Å². The Morgan fingerprint density at radius 3 is 2.89 bits per heavy atom. The van der Waals surface area contributed by atoms with Crippen LogP contribution in [0.2, 0.25) is 0 Å². The number of hydrogen-bond donors (Lipinski definition) is 1. The number of hydrogen-bond acceptors (Lipinski definition) is 5. The zero-order valence-electron chi connectivity index (χ0n) is 10.6. The monoisotopic (exact) mass is 298 g/mol. The van der Waals surface area contributed by atoms with E-state index >= 15 is 0 Å². The van der Waals surface area contributed by atoms with Gasteiger partial charge in [-0.25, -0.2) is 0 Å². The Bertz CT molecular complexity index is 651. The highest BCUT2D eigenvalue weighted by atomic mass is 32.2. The molecule has 0 fully saturated rings. The largest absolute Gasteiger partial charge is 0.497 e. The first-order chi connectivity index (χ1) is 8.92. The third-order valence-electron chi connectivity index (χ3n) is 2.37. The van der Waals surface area contributed by atoms with E-state index in [-0.39, 0.29) is 4.90 Å². The van der Waals surface area contributed by atoms with Gasteiger partial charge in [-0.05, 0) is 19.1 Å². The summed E-state index contributed by atoms with van der Waals surface area (Å²) in [6.07, 6.45) is 0. The summed E-state index contributed by atoms with van der Waals surface area (Å²) in [6.45, 7) is 5.65. The number of ether oxygens (including phenoxy) is 1. The predicted octanol–water partition coefficient (Wildman–Crippen LogP) is 2.47. The van der Waals surface area contributed by atoms with Crippen LogP contribution in [0.4, 0.5) is 5.69 Å². The molecule has 1 heterocycles. The molecule has 5 nitrogen and oxygen atoms in total. The minimum absolute atomic E-state index is 0.131. The molecule has 0 spiro atoms. The molecule has 1 aliphatic rings. The number of methoxy groups -OCH3 is 1. The van der Waals surface area contributed by atoms with Crippen LogP contribution in [0.3, 0.4) is 0 Å². The van der Waals surface area contributed by atoms with Crippen LogP contribution in [-0.4, -0.2) is 26.4 Å². The van der Waals surface area contributed by atoms with Gasteiger partial charge in [-0.3, -0.25) is 0 Å². The van der Waals surface area contributed by atoms with Crippen molar-refractivity contribution < 1.29 is 13.2 Å². The lowest BCUT2D eigenvalue weighted by Crippen LogP contribution is -2.19. The third kappa shape index (κ3) is 3.10. The van der Waals surface area contributed by atoms with E-state index in [9.17, 15) is 8.42 Å². The number of nitrogens with zero attached hydrogens (tertiary/aromatic N) is 1. The van der Waals surface area contributed by atoms with Crippen molar-refractivity contribution in [3.05, 3.63) is 30.4 Å². The van der Waals surface area contributed by atoms with Crippen molar-refractivity contribution in [2.45, 2.75) is 11.8 Å². The summed E-state index contributed by atoms with van der Waals surface area (Å²) in [5.41, 5.74) is 1.47. The molecule has 1 N–H and O–H groups in total. The van der Waals surface area contributed by atoms with E-state index in [1.165, 1.54) is 24.9 Å². The fourth-order valence-electron chi connectivity index (χ4n) is 1.50. The molecule has 0 aliphatic carbocycles. The second kappa shape index (κ2) is 5.26. The molecule has 0 saturated carbocycles. The average Bonchev–Trinajstić information content (AvgIpc) is 2.35. The lowest BCUT2D eigenvalue weighted by atomic mass is 10.3. The molecule has 1 aliphatic heterocycles. The minimum Gasteiger partial charge on any atom is -0.497 e. The van der Waals surface area contributed by atoms with Gasteiger partial charge in [-0.2, -0.15) is 8.42 Å². The number of nitrogens with one attached hydrogen (secondary N) is 1. The van der Waals surface area contributed by atoms with E-state index in [1.54, 1.807) is 12.1 Å². The fraction of sp³-hybridized carbons (Fsp3) is 0.250. The molecular formula is C12H14N2O3S2. The van der Waals surface area contributed by atoms with Crippen molar-refractivity contribution in [3.63, 3.8) is 0 Å². The molecule has 0 amide bonds. The number of sulfonamides is 1. The first-order valence-corrected chi connectivity index (χ1v) is 7.92. The molecule has 19 heavy (non-hydrogen) atoms. The molecule has 0 bridgehead atoms. The first-order valence-electron chi connectivity index (χ1n) is 5.49. The summed E-state index contributed by atoms with van der Waals surface area (Å²) in [5, 5.41) is 3.36. The van der Waals surface area contributed by atoms with Gasteiger partial charge in [0.25, 0.3) is 10.0 Å². The third-order valence-corrected chi connectivity index (χ3v) is 4.90. The van der Waals surface area contributed by atoms with E-state index < -0.39 is 10.0 Å². The molecule has 0 saturated heterocycles. The molecule has 0 radical (unpaired) electrons. The summed E-state index contributed by atoms with van der Waals surface area (Å²) in [6, 6.07) is 4.83. The Kier molecular flexibility index (Phi) is 3.86. The normalized spacial score (nSPS) is 16.0. The minimum atomic E-state index is -3.68. The van der Waals surface area contributed by atoms with E-state index in [4.69, 9.17) is 4.74 Å². The average molecular weight is 298 g/mol. The Hall–Kier alpha value is -1.47. The first kappa shape index (κ1) is 14.0. The number of thioether (sulfide) groups is 1. The molecule has 0 aromatic heterocycles. The van der Waals surface area contributed by atoms with Gasteiger partial charge in [0, 0.05) is 11.8 Å². The van der Waals surface area contributed by atoms with E-state index in [2.05, 4.69) is 16.3 Å². The summed E-state index contributed by atoms with van der Waals surface area (Å²) in [5.74, 6) is 1.10. The lowest BCUT2D eigenvalue weighted by molar-refractivity contribution is 0.413. The van der Waals surface area contributed by atoms with Gasteiger partial charge in [0.1, 0.15) is 10.6 Å². The highest BCUT2D eigenvalue weighted by molar-refractivity contribution is 8.15. The van der Waals surface area contributed by atoms with Crippen molar-refractivity contribution in [1.82, 2.24) is 0 Å². The van der Waals surface area contributed by atoms with Crippen molar-refractivity contribution >= 4 is 32.6 Å². The summed E-state index contributed by atoms with van der Waals surface area (Å²) >= 11 is 1.31. The topological polar surface area (TPSA) is 67.8 Å². The molecule has 2 rings (SSSR count). The van der Waals surface area contributed by atoms with Crippen molar-refractivity contribution in [1.29, 1.82) is 0 Å². The number of amidine groups is 1. The smallest absolute Gasteiger partial charge is 0.286 e. The zero-order chi connectivity index (χ0) is 14.0. The van der Waals surface area contributed by atoms with Crippen molar-refractivity contribution in [2.75, 3.05) is 18.2 Å². The maximum Gasteiger partial charge on any atom is 0.286 e. The van der Waals surface area contributed by atoms with E-state index in [0.29, 0.717) is 22.4 Å². The summed E-state index contributed by atoms with van der Waals surface area (Å²) < 4.78 is 32.9. The molecule has 0 unspecified atom stereocenters. The van der Waals surface area contributed by atoms with Gasteiger partial charge in [-0.15, -0.1) is 4.40 Å². The number of anilines is 1. The van der Waals surface area contributed by atoms with Gasteiger partial charge < -0.3 is 10.1 Å². The molecule has 1 aromatic rings. The lowest BCUT2D eigenvalue weighted by Gasteiger charge is -2.18. The Balaban J connectivity index is 2.35. The molecule has 0 atom stereocenters. The van der Waals surface area contributed by atoms with Gasteiger partial charge in [-0.1, -0.05) is 23.9 Å². The maximum absolute atomic E-state index is 12.1. The van der Waals surface area contributed by atoms with E-state index in [0.717, 1.165) is 5.57 Å². The second-order valence-corrected chi connectivity index (χ2v) is 6.64. The SMILES string of the molecule is C=C(C)CSC1=NS(=O)(=O)c2cc(OC)ccc2N1. The van der Waals surface area contributed by atoms with Crippen LogP contribution >= 0.6 is 11.8 Å². The van der Waals surface area contributed by atoms with Gasteiger partial charge in [0.2, 0.25) is 0 Å². The highest BCUT2D eigenvalue weighted by Crippen LogP contribution is 2.32. The van der Waals surface area contributed by atoms with Crippen LogP contribution in [0.1, 0.15) is 6.92 Å². The Morgan fingerprint density at radius 1 is 1.53 bits per heavy atom. The molecule has 102 valence electrons. The van der Waals surface area contributed by atoms with Crippen molar-refractivity contribution in [3.8, 4) is 5.75 Å². The van der Waals surface area contributed by atoms with Crippen LogP contribution in [-0.2, 0) is 10.0 Å². The number of rotatable bonds is 3. The molecule has 7 heteroatoms. The van der Waals surface area contributed by atoms with Crippen LogP contribution in [0.15, 0.2) is 39.6 Å². The van der Waals surface area contributed by atoms with Gasteiger partial charge in [0.15, 0.2) is 5.17 Å². The van der Waals surface area contributed by atoms with Crippen LogP contribution < -0.4 is 10.1 Å². The van der Waals surface area contributed by atoms with Crippen LogP contribution in [0.5, 0.6) is 5.75 Å². The Morgan fingerprint density at radius 2 is 2.26 bits per heavy atom. The highest BCUT2D eigenvalue weighted by Gasteiger charge is 2.25. The van der Waals surface area contributed by atoms with Gasteiger partial charge >= 0.3 is 0 Å². The molecular weight excluding hydrogens is 284 g/mol. The summed E-state index contributed by atoms with van der Waals surface area (Å²) in [4.78, 5) is 0.131. The van der Waals surface area contributed by atoms with Crippen molar-refractivity contribution in [2.24, 2.45) is 4.40 Å². The van der Waals surface area contributed by atoms with Crippen LogP contribution in [0, 0.1) is 0 Å². The second-order valence-electron chi connectivity index (χ2n) is 4.10. The quantitative estimate of drug-likeness (QED) is 0.868. The molecule has 1 aromatic carbocycles. The maximum atomic E-state index is 12.1. The zero-order valence-corrected chi connectivity index (χ0v) is 12.3. The standard InChI is InChI=1S/C12H14N2O3S2/c1-8(2)7-18-12-13-10-5-4-9(17-3)6-11(10)19(15,16)14-12/h4-6H,1,7H2,2-3H3,(H,13,14).